The zero-order valence-electron chi connectivity index (χ0n) is 12.6. The molecule has 3 aromatic heterocycles. The number of pyridine rings is 2. The van der Waals surface area contributed by atoms with Crippen molar-refractivity contribution < 1.29 is 4.79 Å². The van der Waals surface area contributed by atoms with Crippen LogP contribution in [-0.4, -0.2) is 26.6 Å². The molecule has 0 spiro atoms. The summed E-state index contributed by atoms with van der Waals surface area (Å²) in [4.78, 5) is 37.7. The minimum absolute atomic E-state index is 0.0895. The average molecular weight is 312 g/mol. The molecule has 0 saturated carbocycles. The molecule has 0 aliphatic carbocycles. The third-order valence-corrected chi connectivity index (χ3v) is 3.69. The monoisotopic (exact) mass is 312 g/mol. The maximum atomic E-state index is 12.4. The van der Waals surface area contributed by atoms with E-state index in [4.69, 9.17) is 0 Å². The number of carbonyl (C=O) groups is 1. The fourth-order valence-electron chi connectivity index (χ4n) is 2.45. The maximum absolute atomic E-state index is 12.4. The Bertz CT molecular complexity index is 960. The predicted molar refractivity (Wildman–Crippen MR) is 86.6 cm³/mol. The van der Waals surface area contributed by atoms with Crippen LogP contribution >= 0.6 is 0 Å². The molecule has 0 saturated heterocycles. The van der Waals surface area contributed by atoms with Crippen LogP contribution in [0.2, 0.25) is 0 Å². The molecule has 2 N–H and O–H groups in total. The SMILES string of the molecule is Cn1ccc2ccn(CCNC(=O)c3ccc(=O)[nH]c3)c(=O)c21. The molecule has 0 aliphatic heterocycles. The van der Waals surface area contributed by atoms with Gasteiger partial charge in [-0.25, -0.2) is 0 Å². The van der Waals surface area contributed by atoms with Crippen LogP contribution < -0.4 is 16.4 Å². The van der Waals surface area contributed by atoms with Crippen molar-refractivity contribution in [3.05, 3.63) is 69.1 Å². The van der Waals surface area contributed by atoms with Crippen LogP contribution in [0.25, 0.3) is 10.9 Å². The van der Waals surface area contributed by atoms with Gasteiger partial charge in [-0.2, -0.15) is 0 Å². The highest BCUT2D eigenvalue weighted by Crippen LogP contribution is 2.09. The Kier molecular flexibility index (Phi) is 3.84. The number of hydrogen-bond donors (Lipinski definition) is 2. The van der Waals surface area contributed by atoms with Gasteiger partial charge in [0.05, 0.1) is 5.56 Å². The molecular weight excluding hydrogens is 296 g/mol. The largest absolute Gasteiger partial charge is 0.350 e. The molecule has 23 heavy (non-hydrogen) atoms. The summed E-state index contributed by atoms with van der Waals surface area (Å²) in [7, 11) is 1.83. The zero-order valence-corrected chi connectivity index (χ0v) is 12.6. The molecule has 0 aliphatic rings. The Labute approximate surface area is 131 Å². The number of fused-ring (bicyclic) bond motifs is 1. The van der Waals surface area contributed by atoms with Gasteiger partial charge in [-0.15, -0.1) is 0 Å². The normalized spacial score (nSPS) is 10.8. The quantitative estimate of drug-likeness (QED) is 0.733. The average Bonchev–Trinajstić information content (AvgIpc) is 2.92. The van der Waals surface area contributed by atoms with Gasteiger partial charge in [0, 0.05) is 50.2 Å². The van der Waals surface area contributed by atoms with Gasteiger partial charge in [-0.3, -0.25) is 14.4 Å². The van der Waals surface area contributed by atoms with Crippen molar-refractivity contribution in [3.63, 3.8) is 0 Å². The van der Waals surface area contributed by atoms with Crippen LogP contribution in [0.15, 0.2) is 52.4 Å². The van der Waals surface area contributed by atoms with Crippen LogP contribution in [0.5, 0.6) is 0 Å². The Morgan fingerprint density at radius 1 is 1.17 bits per heavy atom. The minimum atomic E-state index is -0.297. The number of rotatable bonds is 4. The number of aryl methyl sites for hydroxylation is 1. The first-order chi connectivity index (χ1) is 11.1. The van der Waals surface area contributed by atoms with Crippen LogP contribution in [0, 0.1) is 0 Å². The van der Waals surface area contributed by atoms with Crippen LogP contribution in [0.1, 0.15) is 10.4 Å². The molecule has 0 atom stereocenters. The lowest BCUT2D eigenvalue weighted by molar-refractivity contribution is 0.0952. The molecule has 3 rings (SSSR count). The summed E-state index contributed by atoms with van der Waals surface area (Å²) >= 11 is 0. The highest BCUT2D eigenvalue weighted by atomic mass is 16.2. The van der Waals surface area contributed by atoms with Crippen molar-refractivity contribution >= 4 is 16.8 Å². The smallest absolute Gasteiger partial charge is 0.275 e. The van der Waals surface area contributed by atoms with Gasteiger partial charge < -0.3 is 19.4 Å². The molecule has 3 heterocycles. The van der Waals surface area contributed by atoms with E-state index in [0.29, 0.717) is 24.2 Å². The van der Waals surface area contributed by atoms with Crippen LogP contribution in [0.4, 0.5) is 0 Å². The van der Waals surface area contributed by atoms with Crippen molar-refractivity contribution in [2.75, 3.05) is 6.54 Å². The van der Waals surface area contributed by atoms with E-state index < -0.39 is 0 Å². The number of H-pyrrole nitrogens is 1. The number of amides is 1. The molecule has 7 nitrogen and oxygen atoms in total. The lowest BCUT2D eigenvalue weighted by atomic mass is 10.2. The number of aromatic nitrogens is 3. The van der Waals surface area contributed by atoms with Gasteiger partial charge >= 0.3 is 0 Å². The fourth-order valence-corrected chi connectivity index (χ4v) is 2.45. The first-order valence-corrected chi connectivity index (χ1v) is 7.18. The van der Waals surface area contributed by atoms with E-state index in [2.05, 4.69) is 10.3 Å². The van der Waals surface area contributed by atoms with E-state index in [1.165, 1.54) is 18.3 Å². The van der Waals surface area contributed by atoms with Crippen molar-refractivity contribution in [3.8, 4) is 0 Å². The number of carbonyl (C=O) groups excluding carboxylic acids is 1. The lowest BCUT2D eigenvalue weighted by Crippen LogP contribution is -2.31. The van der Waals surface area contributed by atoms with Crippen molar-refractivity contribution in [1.82, 2.24) is 19.4 Å². The van der Waals surface area contributed by atoms with Crippen molar-refractivity contribution in [2.45, 2.75) is 6.54 Å². The van der Waals surface area contributed by atoms with Crippen LogP contribution in [0.3, 0.4) is 0 Å². The van der Waals surface area contributed by atoms with E-state index in [-0.39, 0.29) is 17.0 Å². The first-order valence-electron chi connectivity index (χ1n) is 7.18. The Morgan fingerprint density at radius 3 is 2.70 bits per heavy atom. The topological polar surface area (TPSA) is 88.9 Å². The van der Waals surface area contributed by atoms with Crippen molar-refractivity contribution in [2.24, 2.45) is 7.05 Å². The second-order valence-electron chi connectivity index (χ2n) is 5.24. The highest BCUT2D eigenvalue weighted by molar-refractivity contribution is 5.93. The zero-order chi connectivity index (χ0) is 16.4. The summed E-state index contributed by atoms with van der Waals surface area (Å²) in [5.41, 5.74) is 0.659. The third kappa shape index (κ3) is 2.94. The summed E-state index contributed by atoms with van der Waals surface area (Å²) in [6.45, 7) is 0.683. The molecule has 0 bridgehead atoms. The van der Waals surface area contributed by atoms with Gasteiger partial charge in [0.2, 0.25) is 5.56 Å². The van der Waals surface area contributed by atoms with Gasteiger partial charge in [-0.1, -0.05) is 0 Å². The second kappa shape index (κ2) is 5.96. The van der Waals surface area contributed by atoms with Crippen molar-refractivity contribution in [1.29, 1.82) is 0 Å². The van der Waals surface area contributed by atoms with Gasteiger partial charge in [-0.05, 0) is 18.2 Å². The van der Waals surface area contributed by atoms with Gasteiger partial charge in [0.25, 0.3) is 11.5 Å². The summed E-state index contributed by atoms with van der Waals surface area (Å²) in [5.74, 6) is -0.297. The molecular formula is C16H16N4O3. The standard InChI is InChI=1S/C16H16N4O3/c1-19-7-4-11-5-8-20(16(23)14(11)19)9-6-17-15(22)12-2-3-13(21)18-10-12/h2-5,7-8,10H,6,9H2,1H3,(H,17,22)(H,18,21). The summed E-state index contributed by atoms with van der Waals surface area (Å²) in [5, 5.41) is 3.62. The molecule has 0 fully saturated rings. The molecule has 0 aromatic carbocycles. The number of aromatic amines is 1. The van der Waals surface area contributed by atoms with E-state index >= 15 is 0 Å². The number of nitrogens with zero attached hydrogens (tertiary/aromatic N) is 2. The van der Waals surface area contributed by atoms with Crippen LogP contribution in [-0.2, 0) is 13.6 Å². The first kappa shape index (κ1) is 14.8. The van der Waals surface area contributed by atoms with Gasteiger partial charge in [0.1, 0.15) is 5.52 Å². The van der Waals surface area contributed by atoms with E-state index in [1.807, 2.05) is 25.4 Å². The highest BCUT2D eigenvalue weighted by Gasteiger charge is 2.07. The molecule has 0 unspecified atom stereocenters. The summed E-state index contributed by atoms with van der Waals surface area (Å²) < 4.78 is 3.35. The lowest BCUT2D eigenvalue weighted by Gasteiger charge is -2.08. The Hall–Kier alpha value is -3.09. The van der Waals surface area contributed by atoms with E-state index in [9.17, 15) is 14.4 Å². The predicted octanol–water partition coefficient (Wildman–Crippen LogP) is 0.458. The number of hydrogen-bond acceptors (Lipinski definition) is 3. The maximum Gasteiger partial charge on any atom is 0.275 e. The molecule has 7 heteroatoms. The third-order valence-electron chi connectivity index (χ3n) is 3.69. The summed E-state index contributed by atoms with van der Waals surface area (Å²) in [6.07, 6.45) is 4.92. The molecule has 3 aromatic rings. The minimum Gasteiger partial charge on any atom is -0.350 e. The second-order valence-corrected chi connectivity index (χ2v) is 5.24. The van der Waals surface area contributed by atoms with Gasteiger partial charge in [0.15, 0.2) is 0 Å². The van der Waals surface area contributed by atoms with E-state index in [1.54, 1.807) is 15.3 Å². The Balaban J connectivity index is 1.69. The molecule has 1 amide bonds. The van der Waals surface area contributed by atoms with E-state index in [0.717, 1.165) is 5.39 Å². The number of nitrogens with one attached hydrogen (secondary N) is 2. The molecule has 118 valence electrons. The summed E-state index contributed by atoms with van der Waals surface area (Å²) in [6, 6.07) is 6.51. The fraction of sp³-hybridized carbons (Fsp3) is 0.188. The Morgan fingerprint density at radius 2 is 1.96 bits per heavy atom. The molecule has 0 radical (unpaired) electrons.